The fourth-order valence-corrected chi connectivity index (χ4v) is 4.56. The first-order valence-electron chi connectivity index (χ1n) is 8.38. The Morgan fingerprint density at radius 3 is 2.65 bits per heavy atom. The number of ether oxygens (including phenoxy) is 1. The van der Waals surface area contributed by atoms with Crippen LogP contribution >= 0.6 is 0 Å². The maximum Gasteiger partial charge on any atom is 0.251 e. The van der Waals surface area contributed by atoms with Gasteiger partial charge in [0.05, 0.1) is 19.3 Å². The van der Waals surface area contributed by atoms with Gasteiger partial charge in [0.25, 0.3) is 5.91 Å². The lowest BCUT2D eigenvalue weighted by Gasteiger charge is -2.18. The van der Waals surface area contributed by atoms with Crippen LogP contribution in [0.15, 0.2) is 47.5 Å². The summed E-state index contributed by atoms with van der Waals surface area (Å²) in [5.41, 5.74) is 0.985. The van der Waals surface area contributed by atoms with Crippen LogP contribution in [0.1, 0.15) is 28.9 Å². The zero-order valence-electron chi connectivity index (χ0n) is 14.5. The van der Waals surface area contributed by atoms with Crippen molar-refractivity contribution in [1.82, 2.24) is 14.6 Å². The number of pyridine rings is 1. The zero-order valence-corrected chi connectivity index (χ0v) is 15.3. The van der Waals surface area contributed by atoms with E-state index in [1.165, 1.54) is 23.5 Å². The highest BCUT2D eigenvalue weighted by molar-refractivity contribution is 7.89. The second-order valence-corrected chi connectivity index (χ2v) is 7.89. The van der Waals surface area contributed by atoms with Gasteiger partial charge in [-0.2, -0.15) is 4.31 Å². The Bertz CT molecular complexity index is 879. The lowest BCUT2D eigenvalue weighted by Crippen LogP contribution is -2.29. The molecule has 1 aromatic carbocycles. The molecule has 0 bridgehead atoms. The molecule has 0 aliphatic carbocycles. The number of hydrogen-bond donors (Lipinski definition) is 1. The van der Waals surface area contributed by atoms with Gasteiger partial charge in [0, 0.05) is 24.8 Å². The van der Waals surface area contributed by atoms with Gasteiger partial charge in [-0.3, -0.25) is 9.78 Å². The highest BCUT2D eigenvalue weighted by atomic mass is 32.2. The first-order chi connectivity index (χ1) is 12.5. The molecule has 1 aliphatic heterocycles. The number of hydrogen-bond acceptors (Lipinski definition) is 5. The van der Waals surface area contributed by atoms with Gasteiger partial charge in [0.1, 0.15) is 10.6 Å². The molecule has 26 heavy (non-hydrogen) atoms. The molecule has 138 valence electrons. The van der Waals surface area contributed by atoms with Crippen molar-refractivity contribution in [3.63, 3.8) is 0 Å². The van der Waals surface area contributed by atoms with E-state index in [-0.39, 0.29) is 28.7 Å². The average Bonchev–Trinajstić information content (AvgIpc) is 3.22. The van der Waals surface area contributed by atoms with Crippen molar-refractivity contribution in [3.05, 3.63) is 53.9 Å². The largest absolute Gasteiger partial charge is 0.495 e. The van der Waals surface area contributed by atoms with Crippen LogP contribution in [0.3, 0.4) is 0 Å². The number of carbonyl (C=O) groups is 1. The maximum atomic E-state index is 12.9. The molecule has 3 rings (SSSR count). The van der Waals surface area contributed by atoms with E-state index in [1.54, 1.807) is 24.4 Å². The summed E-state index contributed by atoms with van der Waals surface area (Å²) in [5.74, 6) is -0.130. The van der Waals surface area contributed by atoms with Gasteiger partial charge >= 0.3 is 0 Å². The van der Waals surface area contributed by atoms with Crippen molar-refractivity contribution in [2.24, 2.45) is 0 Å². The third kappa shape index (κ3) is 3.86. The third-order valence-corrected chi connectivity index (χ3v) is 6.18. The van der Waals surface area contributed by atoms with Gasteiger partial charge in [-0.15, -0.1) is 0 Å². The Morgan fingerprint density at radius 1 is 1.23 bits per heavy atom. The fraction of sp³-hybridized carbons (Fsp3) is 0.333. The molecule has 2 heterocycles. The molecule has 1 N–H and O–H groups in total. The molecule has 0 unspecified atom stereocenters. The van der Waals surface area contributed by atoms with Crippen LogP contribution in [0.4, 0.5) is 0 Å². The molecule has 1 aliphatic rings. The highest BCUT2D eigenvalue weighted by Crippen LogP contribution is 2.29. The standard InChI is InChI=1S/C18H21N3O4S/c1-25-16-8-7-14(18(22)20-13-15-6-2-3-9-19-15)12-17(16)26(23,24)21-10-4-5-11-21/h2-3,6-9,12H,4-5,10-11,13H2,1H3,(H,20,22). The molecule has 1 fully saturated rings. The van der Waals surface area contributed by atoms with Gasteiger partial charge in [-0.1, -0.05) is 6.07 Å². The topological polar surface area (TPSA) is 88.6 Å². The number of nitrogens with zero attached hydrogens (tertiary/aromatic N) is 2. The van der Waals surface area contributed by atoms with Crippen molar-refractivity contribution in [1.29, 1.82) is 0 Å². The number of sulfonamides is 1. The third-order valence-electron chi connectivity index (χ3n) is 4.26. The summed E-state index contributed by atoms with van der Waals surface area (Å²) in [7, 11) is -2.27. The monoisotopic (exact) mass is 375 g/mol. The van der Waals surface area contributed by atoms with Crippen molar-refractivity contribution in [2.45, 2.75) is 24.3 Å². The summed E-state index contributed by atoms with van der Waals surface area (Å²) in [6, 6.07) is 9.87. The van der Waals surface area contributed by atoms with Gasteiger partial charge < -0.3 is 10.1 Å². The van der Waals surface area contributed by atoms with Gasteiger partial charge in [-0.25, -0.2) is 8.42 Å². The normalized spacial score (nSPS) is 15.0. The Hall–Kier alpha value is -2.45. The Labute approximate surface area is 153 Å². The molecule has 1 aromatic heterocycles. The quantitative estimate of drug-likeness (QED) is 0.832. The highest BCUT2D eigenvalue weighted by Gasteiger charge is 2.30. The number of rotatable bonds is 6. The maximum absolute atomic E-state index is 12.9. The molecule has 8 heteroatoms. The number of nitrogens with one attached hydrogen (secondary N) is 1. The summed E-state index contributed by atoms with van der Waals surface area (Å²) in [4.78, 5) is 16.6. The summed E-state index contributed by atoms with van der Waals surface area (Å²) < 4.78 is 32.4. The molecular formula is C18H21N3O4S. The van der Waals surface area contributed by atoms with Gasteiger partial charge in [0.15, 0.2) is 0 Å². The molecule has 2 aromatic rings. The molecule has 1 saturated heterocycles. The van der Waals surface area contributed by atoms with E-state index in [2.05, 4.69) is 10.3 Å². The number of amides is 1. The number of aromatic nitrogens is 1. The second kappa shape index (κ2) is 7.84. The van der Waals surface area contributed by atoms with E-state index in [0.717, 1.165) is 18.5 Å². The zero-order chi connectivity index (χ0) is 18.6. The first-order valence-corrected chi connectivity index (χ1v) is 9.82. The fourth-order valence-electron chi connectivity index (χ4n) is 2.86. The van der Waals surface area contributed by atoms with Crippen LogP contribution in [0.2, 0.25) is 0 Å². The van der Waals surface area contributed by atoms with Crippen LogP contribution in [0.5, 0.6) is 5.75 Å². The Balaban J connectivity index is 1.83. The van der Waals surface area contributed by atoms with Crippen LogP contribution in [0, 0.1) is 0 Å². The molecular weight excluding hydrogens is 354 g/mol. The molecule has 1 amide bonds. The molecule has 0 atom stereocenters. The van der Waals surface area contributed by atoms with Crippen LogP contribution in [-0.4, -0.2) is 43.8 Å². The van der Waals surface area contributed by atoms with E-state index in [0.29, 0.717) is 13.1 Å². The van der Waals surface area contributed by atoms with Crippen molar-refractivity contribution < 1.29 is 17.9 Å². The van der Waals surface area contributed by atoms with E-state index >= 15 is 0 Å². The lowest BCUT2D eigenvalue weighted by molar-refractivity contribution is 0.0950. The summed E-state index contributed by atoms with van der Waals surface area (Å²) in [6.07, 6.45) is 3.33. The van der Waals surface area contributed by atoms with Crippen LogP contribution in [0.25, 0.3) is 0 Å². The predicted octanol–water partition coefficient (Wildman–Crippen LogP) is 1.80. The lowest BCUT2D eigenvalue weighted by atomic mass is 10.2. The smallest absolute Gasteiger partial charge is 0.251 e. The van der Waals surface area contributed by atoms with Gasteiger partial charge in [-0.05, 0) is 43.2 Å². The minimum Gasteiger partial charge on any atom is -0.495 e. The van der Waals surface area contributed by atoms with E-state index in [9.17, 15) is 13.2 Å². The second-order valence-electron chi connectivity index (χ2n) is 5.98. The van der Waals surface area contributed by atoms with Crippen molar-refractivity contribution in [3.8, 4) is 5.75 Å². The molecule has 0 saturated carbocycles. The summed E-state index contributed by atoms with van der Waals surface area (Å²) >= 11 is 0. The van der Waals surface area contributed by atoms with E-state index < -0.39 is 10.0 Å². The summed E-state index contributed by atoms with van der Waals surface area (Å²) in [5, 5.41) is 2.75. The van der Waals surface area contributed by atoms with Crippen molar-refractivity contribution >= 4 is 15.9 Å². The van der Waals surface area contributed by atoms with Gasteiger partial charge in [0.2, 0.25) is 10.0 Å². The van der Waals surface area contributed by atoms with E-state index in [1.807, 2.05) is 6.07 Å². The van der Waals surface area contributed by atoms with Crippen LogP contribution < -0.4 is 10.1 Å². The number of carbonyl (C=O) groups excluding carboxylic acids is 1. The average molecular weight is 375 g/mol. The number of benzene rings is 1. The molecule has 7 nitrogen and oxygen atoms in total. The first kappa shape index (κ1) is 18.3. The Kier molecular flexibility index (Phi) is 5.53. The summed E-state index contributed by atoms with van der Waals surface area (Å²) in [6.45, 7) is 1.24. The van der Waals surface area contributed by atoms with Crippen molar-refractivity contribution in [2.75, 3.05) is 20.2 Å². The van der Waals surface area contributed by atoms with E-state index in [4.69, 9.17) is 4.74 Å². The number of methoxy groups -OCH3 is 1. The predicted molar refractivity (Wildman–Crippen MR) is 96.4 cm³/mol. The molecule has 0 radical (unpaired) electrons. The minimum absolute atomic E-state index is 0.0207. The molecule has 0 spiro atoms. The SMILES string of the molecule is COc1ccc(C(=O)NCc2ccccn2)cc1S(=O)(=O)N1CCCC1. The van der Waals surface area contributed by atoms with Crippen LogP contribution in [-0.2, 0) is 16.6 Å². The Morgan fingerprint density at radius 2 is 2.00 bits per heavy atom. The minimum atomic E-state index is -3.69.